The molecule has 1 aliphatic heterocycles. The topological polar surface area (TPSA) is 98.8 Å². The molecule has 0 atom stereocenters. The Labute approximate surface area is 244 Å². The van der Waals surface area contributed by atoms with Crippen LogP contribution in [-0.2, 0) is 16.4 Å². The number of sulfone groups is 1. The first-order valence-corrected chi connectivity index (χ1v) is 15.0. The zero-order valence-corrected chi connectivity index (χ0v) is 24.0. The van der Waals surface area contributed by atoms with E-state index in [0.29, 0.717) is 18.0 Å². The number of rotatable bonds is 9. The Morgan fingerprint density at radius 3 is 2.44 bits per heavy atom. The summed E-state index contributed by atoms with van der Waals surface area (Å²) in [7, 11) is -2.06. The van der Waals surface area contributed by atoms with Crippen LogP contribution in [0.5, 0.6) is 0 Å². The van der Waals surface area contributed by atoms with Crippen LogP contribution in [-0.4, -0.2) is 40.4 Å². The number of hydrogen-bond acceptors (Lipinski definition) is 6. The number of benzene rings is 4. The molecule has 4 aromatic carbocycles. The van der Waals surface area contributed by atoms with Gasteiger partial charge in [0.05, 0.1) is 21.0 Å². The SMILES string of the molecule is CN(CCCNC(=O)c1ccc2c(c1)N(NCc1cccc(Cl)c1)C(=O)c1ccccc1S2(=O)=O)c1ccccc1. The van der Waals surface area contributed by atoms with Crippen LogP contribution in [0.1, 0.15) is 32.7 Å². The number of para-hydroxylation sites is 1. The molecule has 1 heterocycles. The lowest BCUT2D eigenvalue weighted by Gasteiger charge is -2.24. The first-order valence-electron chi connectivity index (χ1n) is 13.1. The van der Waals surface area contributed by atoms with E-state index in [1.807, 2.05) is 43.4 Å². The van der Waals surface area contributed by atoms with E-state index in [0.717, 1.165) is 17.8 Å². The molecule has 2 amide bonds. The van der Waals surface area contributed by atoms with Gasteiger partial charge >= 0.3 is 0 Å². The van der Waals surface area contributed by atoms with Crippen molar-refractivity contribution < 1.29 is 18.0 Å². The van der Waals surface area contributed by atoms with Crippen molar-refractivity contribution in [1.82, 2.24) is 10.7 Å². The van der Waals surface area contributed by atoms with Crippen LogP contribution in [0.4, 0.5) is 11.4 Å². The van der Waals surface area contributed by atoms with Crippen molar-refractivity contribution in [2.24, 2.45) is 0 Å². The van der Waals surface area contributed by atoms with E-state index in [9.17, 15) is 18.0 Å². The smallest absolute Gasteiger partial charge is 0.274 e. The maximum atomic E-state index is 13.7. The molecule has 0 aliphatic carbocycles. The monoisotopic (exact) mass is 588 g/mol. The van der Waals surface area contributed by atoms with Gasteiger partial charge in [-0.15, -0.1) is 0 Å². The molecule has 0 unspecified atom stereocenters. The van der Waals surface area contributed by atoms with Gasteiger partial charge in [0.15, 0.2) is 0 Å². The lowest BCUT2D eigenvalue weighted by molar-refractivity contribution is 0.0947. The van der Waals surface area contributed by atoms with Gasteiger partial charge in [-0.1, -0.05) is 54.1 Å². The van der Waals surface area contributed by atoms with E-state index in [1.165, 1.54) is 35.3 Å². The second kappa shape index (κ2) is 12.1. The van der Waals surface area contributed by atoms with Gasteiger partial charge in [0.2, 0.25) is 9.84 Å². The molecule has 4 aromatic rings. The Balaban J connectivity index is 1.39. The summed E-state index contributed by atoms with van der Waals surface area (Å²) in [6.45, 7) is 1.35. The molecule has 5 rings (SSSR count). The van der Waals surface area contributed by atoms with Gasteiger partial charge < -0.3 is 10.2 Å². The number of hydrazine groups is 1. The molecule has 41 heavy (non-hydrogen) atoms. The van der Waals surface area contributed by atoms with Crippen LogP contribution in [0, 0.1) is 0 Å². The number of halogens is 1. The number of nitrogens with zero attached hydrogens (tertiary/aromatic N) is 2. The summed E-state index contributed by atoms with van der Waals surface area (Å²) in [5.74, 6) is -0.914. The molecule has 0 radical (unpaired) electrons. The van der Waals surface area contributed by atoms with Crippen LogP contribution in [0.25, 0.3) is 0 Å². The average Bonchev–Trinajstić information content (AvgIpc) is 3.05. The number of amides is 2. The fourth-order valence-electron chi connectivity index (χ4n) is 4.69. The van der Waals surface area contributed by atoms with E-state index in [2.05, 4.69) is 15.6 Å². The highest BCUT2D eigenvalue weighted by molar-refractivity contribution is 7.91. The van der Waals surface area contributed by atoms with Crippen LogP contribution in [0.15, 0.2) is 107 Å². The number of fused-ring (bicyclic) bond motifs is 2. The van der Waals surface area contributed by atoms with Crippen molar-refractivity contribution in [3.63, 3.8) is 0 Å². The summed E-state index contributed by atoms with van der Waals surface area (Å²) in [6.07, 6.45) is 0.706. The zero-order valence-electron chi connectivity index (χ0n) is 22.4. The standard InChI is InChI=1S/C31H29ClN4O4S/c1-35(25-11-3-2-4-12-25)18-8-17-33-30(37)23-15-16-29-27(20-23)36(34-21-22-9-7-10-24(32)19-22)31(38)26-13-5-6-14-28(26)41(29,39)40/h2-7,9-16,19-20,34H,8,17-18,21H2,1H3,(H,33,37). The van der Waals surface area contributed by atoms with E-state index in [-0.39, 0.29) is 39.1 Å². The fourth-order valence-corrected chi connectivity index (χ4v) is 6.52. The highest BCUT2D eigenvalue weighted by atomic mass is 35.5. The summed E-state index contributed by atoms with van der Waals surface area (Å²) in [6, 6.07) is 27.5. The molecule has 0 fully saturated rings. The summed E-state index contributed by atoms with van der Waals surface area (Å²) in [5, 5.41) is 4.64. The van der Waals surface area contributed by atoms with E-state index in [1.54, 1.807) is 30.3 Å². The van der Waals surface area contributed by atoms with Crippen molar-refractivity contribution in [3.05, 3.63) is 119 Å². The van der Waals surface area contributed by atoms with E-state index >= 15 is 0 Å². The summed E-state index contributed by atoms with van der Waals surface area (Å²) in [5.41, 5.74) is 5.29. The average molecular weight is 589 g/mol. The number of carbonyl (C=O) groups is 2. The van der Waals surface area contributed by atoms with Crippen molar-refractivity contribution in [3.8, 4) is 0 Å². The van der Waals surface area contributed by atoms with Gasteiger partial charge in [0, 0.05) is 43.0 Å². The molecule has 0 aromatic heterocycles. The third-order valence-electron chi connectivity index (χ3n) is 6.84. The van der Waals surface area contributed by atoms with Gasteiger partial charge in [0.1, 0.15) is 0 Å². The van der Waals surface area contributed by atoms with Crippen LogP contribution in [0.3, 0.4) is 0 Å². The van der Waals surface area contributed by atoms with Crippen LogP contribution in [0.2, 0.25) is 5.02 Å². The van der Waals surface area contributed by atoms with Gasteiger partial charge in [-0.3, -0.25) is 9.59 Å². The molecule has 8 nitrogen and oxygen atoms in total. The van der Waals surface area contributed by atoms with Crippen molar-refractivity contribution in [2.45, 2.75) is 22.8 Å². The molecular weight excluding hydrogens is 560 g/mol. The lowest BCUT2D eigenvalue weighted by Crippen LogP contribution is -2.43. The number of hydrogen-bond donors (Lipinski definition) is 2. The Hall–Kier alpha value is -4.18. The minimum Gasteiger partial charge on any atom is -0.375 e. The Bertz CT molecular complexity index is 1700. The summed E-state index contributed by atoms with van der Waals surface area (Å²) in [4.78, 5) is 28.8. The molecule has 10 heteroatoms. The maximum Gasteiger partial charge on any atom is 0.274 e. The minimum atomic E-state index is -4.05. The Morgan fingerprint density at radius 2 is 1.66 bits per heavy atom. The van der Waals surface area contributed by atoms with Gasteiger partial charge in [0.25, 0.3) is 11.8 Å². The molecule has 1 aliphatic rings. The lowest BCUT2D eigenvalue weighted by atomic mass is 10.1. The van der Waals surface area contributed by atoms with Crippen molar-refractivity contribution in [2.75, 3.05) is 30.0 Å². The van der Waals surface area contributed by atoms with Crippen LogP contribution < -0.4 is 20.7 Å². The number of anilines is 2. The molecular formula is C31H29ClN4O4S. The van der Waals surface area contributed by atoms with E-state index < -0.39 is 15.7 Å². The molecule has 0 saturated carbocycles. The predicted molar refractivity (Wildman–Crippen MR) is 160 cm³/mol. The molecule has 0 bridgehead atoms. The zero-order chi connectivity index (χ0) is 29.0. The number of carbonyl (C=O) groups excluding carboxylic acids is 2. The normalized spacial score (nSPS) is 13.6. The summed E-state index contributed by atoms with van der Waals surface area (Å²) < 4.78 is 27.3. The molecule has 2 N–H and O–H groups in total. The molecule has 0 spiro atoms. The first-order chi connectivity index (χ1) is 19.8. The maximum absolute atomic E-state index is 13.7. The van der Waals surface area contributed by atoms with Gasteiger partial charge in [-0.05, 0) is 66.6 Å². The van der Waals surface area contributed by atoms with Crippen LogP contribution >= 0.6 is 11.6 Å². The summed E-state index contributed by atoms with van der Waals surface area (Å²) >= 11 is 6.13. The van der Waals surface area contributed by atoms with E-state index in [4.69, 9.17) is 11.6 Å². The second-order valence-corrected chi connectivity index (χ2v) is 12.0. The third-order valence-corrected chi connectivity index (χ3v) is 8.94. The highest BCUT2D eigenvalue weighted by Gasteiger charge is 2.36. The van der Waals surface area contributed by atoms with Crippen molar-refractivity contribution in [1.29, 1.82) is 0 Å². The predicted octanol–water partition coefficient (Wildman–Crippen LogP) is 5.09. The van der Waals surface area contributed by atoms with Gasteiger partial charge in [-0.25, -0.2) is 18.9 Å². The molecule has 0 saturated heterocycles. The Kier molecular flexibility index (Phi) is 8.39. The van der Waals surface area contributed by atoms with Gasteiger partial charge in [-0.2, -0.15) is 0 Å². The van der Waals surface area contributed by atoms with Crippen molar-refractivity contribution >= 4 is 44.6 Å². The second-order valence-electron chi connectivity index (χ2n) is 9.65. The highest BCUT2D eigenvalue weighted by Crippen LogP contribution is 2.36. The minimum absolute atomic E-state index is 0.0378. The third kappa shape index (κ3) is 6.12. The first kappa shape index (κ1) is 28.4. The quantitative estimate of drug-likeness (QED) is 0.264. The largest absolute Gasteiger partial charge is 0.375 e. The fraction of sp³-hybridized carbons (Fsp3) is 0.161. The Morgan fingerprint density at radius 1 is 0.902 bits per heavy atom. The molecule has 210 valence electrons. The number of nitrogens with one attached hydrogen (secondary N) is 2.